The van der Waals surface area contributed by atoms with E-state index in [4.69, 9.17) is 5.73 Å². The first-order valence-electron chi connectivity index (χ1n) is 7.57. The maximum Gasteiger partial charge on any atom is 0.227 e. The number of aryl methyl sites for hydroxylation is 1. The van der Waals surface area contributed by atoms with Gasteiger partial charge in [0, 0.05) is 23.7 Å². The lowest BCUT2D eigenvalue weighted by molar-refractivity contribution is -0.117. The molecule has 5 nitrogen and oxygen atoms in total. The summed E-state index contributed by atoms with van der Waals surface area (Å²) in [4.78, 5) is 23.6. The van der Waals surface area contributed by atoms with Gasteiger partial charge in [-0.05, 0) is 49.9 Å². The molecule has 1 fully saturated rings. The van der Waals surface area contributed by atoms with Crippen LogP contribution in [-0.2, 0) is 16.0 Å². The Bertz CT molecular complexity index is 524. The molecule has 0 atom stereocenters. The van der Waals surface area contributed by atoms with Crippen LogP contribution in [0.3, 0.4) is 0 Å². The number of nitrogens with two attached hydrogens (primary N) is 1. The molecule has 0 bridgehead atoms. The Balaban J connectivity index is 2.05. The molecule has 0 aromatic heterocycles. The number of nitrogens with one attached hydrogen (secondary N) is 2. The molecule has 0 unspecified atom stereocenters. The Morgan fingerprint density at radius 3 is 2.67 bits per heavy atom. The van der Waals surface area contributed by atoms with Crippen LogP contribution in [0.1, 0.15) is 38.2 Å². The molecular weight excluding hydrogens is 266 g/mol. The SMILES string of the molecule is CCc1ccc(NC(=O)C2CC2)cc1NC(=O)CCCN. The molecule has 1 saturated carbocycles. The quantitative estimate of drug-likeness (QED) is 0.720. The minimum atomic E-state index is -0.0409. The topological polar surface area (TPSA) is 84.2 Å². The number of benzene rings is 1. The first-order chi connectivity index (χ1) is 10.1. The zero-order valence-electron chi connectivity index (χ0n) is 12.4. The van der Waals surface area contributed by atoms with E-state index in [9.17, 15) is 9.59 Å². The number of carbonyl (C=O) groups is 2. The fourth-order valence-electron chi connectivity index (χ4n) is 2.14. The van der Waals surface area contributed by atoms with Crippen LogP contribution in [0.4, 0.5) is 11.4 Å². The Labute approximate surface area is 125 Å². The average molecular weight is 289 g/mol. The van der Waals surface area contributed by atoms with E-state index in [0.717, 1.165) is 36.2 Å². The van der Waals surface area contributed by atoms with Crippen molar-refractivity contribution in [2.75, 3.05) is 17.2 Å². The molecule has 1 aromatic carbocycles. The number of rotatable bonds is 7. The maximum absolute atomic E-state index is 11.8. The molecule has 1 aliphatic rings. The molecule has 1 aliphatic carbocycles. The molecule has 21 heavy (non-hydrogen) atoms. The highest BCUT2D eigenvalue weighted by molar-refractivity contribution is 5.96. The van der Waals surface area contributed by atoms with Crippen molar-refractivity contribution in [2.45, 2.75) is 39.0 Å². The van der Waals surface area contributed by atoms with E-state index in [1.54, 1.807) is 0 Å². The molecule has 2 amide bonds. The summed E-state index contributed by atoms with van der Waals surface area (Å²) in [5, 5.41) is 5.81. The molecular formula is C16H23N3O2. The van der Waals surface area contributed by atoms with Gasteiger partial charge in [0.05, 0.1) is 0 Å². The molecule has 2 rings (SSSR count). The Morgan fingerprint density at radius 1 is 1.29 bits per heavy atom. The summed E-state index contributed by atoms with van der Waals surface area (Å²) < 4.78 is 0. The molecule has 0 spiro atoms. The molecule has 1 aromatic rings. The molecule has 0 saturated heterocycles. The second-order valence-electron chi connectivity index (χ2n) is 5.43. The first-order valence-corrected chi connectivity index (χ1v) is 7.57. The Kier molecular flexibility index (Phi) is 5.33. The van der Waals surface area contributed by atoms with E-state index in [1.165, 1.54) is 0 Å². The standard InChI is InChI=1S/C16H23N3O2/c1-2-11-7-8-13(18-16(21)12-5-6-12)10-14(11)19-15(20)4-3-9-17/h7-8,10,12H,2-6,9,17H2,1H3,(H,18,21)(H,19,20). The third-order valence-electron chi connectivity index (χ3n) is 3.59. The smallest absolute Gasteiger partial charge is 0.227 e. The molecule has 114 valence electrons. The zero-order chi connectivity index (χ0) is 15.2. The summed E-state index contributed by atoms with van der Waals surface area (Å²) in [5.41, 5.74) is 7.97. The number of amides is 2. The third-order valence-corrected chi connectivity index (χ3v) is 3.59. The van der Waals surface area contributed by atoms with Crippen molar-refractivity contribution in [1.29, 1.82) is 0 Å². The summed E-state index contributed by atoms with van der Waals surface area (Å²) in [6, 6.07) is 5.66. The van der Waals surface area contributed by atoms with Crippen molar-refractivity contribution in [3.8, 4) is 0 Å². The van der Waals surface area contributed by atoms with Crippen LogP contribution in [-0.4, -0.2) is 18.4 Å². The van der Waals surface area contributed by atoms with Gasteiger partial charge in [0.15, 0.2) is 0 Å². The van der Waals surface area contributed by atoms with Gasteiger partial charge in [-0.3, -0.25) is 9.59 Å². The Morgan fingerprint density at radius 2 is 2.05 bits per heavy atom. The largest absolute Gasteiger partial charge is 0.330 e. The molecule has 0 radical (unpaired) electrons. The van der Waals surface area contributed by atoms with Gasteiger partial charge in [-0.25, -0.2) is 0 Å². The number of anilines is 2. The predicted octanol–water partition coefficient (Wildman–Crippen LogP) is 2.27. The summed E-state index contributed by atoms with van der Waals surface area (Å²) in [6.45, 7) is 2.54. The van der Waals surface area contributed by atoms with Gasteiger partial charge >= 0.3 is 0 Å². The van der Waals surface area contributed by atoms with E-state index in [-0.39, 0.29) is 17.7 Å². The van der Waals surface area contributed by atoms with Gasteiger partial charge in [-0.15, -0.1) is 0 Å². The molecule has 4 N–H and O–H groups in total. The minimum absolute atomic E-state index is 0.0409. The van der Waals surface area contributed by atoms with Crippen LogP contribution in [0.5, 0.6) is 0 Å². The highest BCUT2D eigenvalue weighted by atomic mass is 16.2. The van der Waals surface area contributed by atoms with E-state index < -0.39 is 0 Å². The first kappa shape index (κ1) is 15.5. The van der Waals surface area contributed by atoms with Crippen LogP contribution in [0.2, 0.25) is 0 Å². The average Bonchev–Trinajstić information content (AvgIpc) is 3.30. The lowest BCUT2D eigenvalue weighted by atomic mass is 10.1. The normalized spacial score (nSPS) is 13.8. The summed E-state index contributed by atoms with van der Waals surface area (Å²) in [7, 11) is 0. The predicted molar refractivity (Wildman–Crippen MR) is 84.1 cm³/mol. The van der Waals surface area contributed by atoms with Gasteiger partial charge in [0.25, 0.3) is 0 Å². The third kappa shape index (κ3) is 4.56. The van der Waals surface area contributed by atoms with E-state index in [2.05, 4.69) is 10.6 Å². The van der Waals surface area contributed by atoms with Gasteiger partial charge in [0.2, 0.25) is 11.8 Å². The zero-order valence-corrected chi connectivity index (χ0v) is 12.4. The maximum atomic E-state index is 11.8. The van der Waals surface area contributed by atoms with Gasteiger partial charge in [-0.2, -0.15) is 0 Å². The highest BCUT2D eigenvalue weighted by Crippen LogP contribution is 2.31. The van der Waals surface area contributed by atoms with Crippen LogP contribution in [0, 0.1) is 5.92 Å². The highest BCUT2D eigenvalue weighted by Gasteiger charge is 2.29. The van der Waals surface area contributed by atoms with Crippen LogP contribution >= 0.6 is 0 Å². The lowest BCUT2D eigenvalue weighted by Gasteiger charge is -2.13. The van der Waals surface area contributed by atoms with Gasteiger partial charge in [-0.1, -0.05) is 13.0 Å². The van der Waals surface area contributed by atoms with Crippen molar-refractivity contribution in [2.24, 2.45) is 11.7 Å². The van der Waals surface area contributed by atoms with Crippen molar-refractivity contribution >= 4 is 23.2 Å². The van der Waals surface area contributed by atoms with Crippen molar-refractivity contribution in [1.82, 2.24) is 0 Å². The van der Waals surface area contributed by atoms with E-state index in [1.807, 2.05) is 25.1 Å². The summed E-state index contributed by atoms with van der Waals surface area (Å²) >= 11 is 0. The van der Waals surface area contributed by atoms with Crippen molar-refractivity contribution in [3.63, 3.8) is 0 Å². The van der Waals surface area contributed by atoms with Gasteiger partial charge < -0.3 is 16.4 Å². The minimum Gasteiger partial charge on any atom is -0.330 e. The number of carbonyl (C=O) groups excluding carboxylic acids is 2. The van der Waals surface area contributed by atoms with E-state index >= 15 is 0 Å². The fourth-order valence-corrected chi connectivity index (χ4v) is 2.14. The molecule has 5 heteroatoms. The van der Waals surface area contributed by atoms with Crippen molar-refractivity contribution in [3.05, 3.63) is 23.8 Å². The van der Waals surface area contributed by atoms with E-state index in [0.29, 0.717) is 19.4 Å². The number of hydrogen-bond donors (Lipinski definition) is 3. The molecule has 0 aliphatic heterocycles. The lowest BCUT2D eigenvalue weighted by Crippen LogP contribution is -2.16. The van der Waals surface area contributed by atoms with Crippen LogP contribution < -0.4 is 16.4 Å². The summed E-state index contributed by atoms with van der Waals surface area (Å²) in [5.74, 6) is 0.193. The second kappa shape index (κ2) is 7.22. The van der Waals surface area contributed by atoms with Crippen molar-refractivity contribution < 1.29 is 9.59 Å². The monoisotopic (exact) mass is 289 g/mol. The van der Waals surface area contributed by atoms with Crippen LogP contribution in [0.25, 0.3) is 0 Å². The fraction of sp³-hybridized carbons (Fsp3) is 0.500. The molecule has 0 heterocycles. The second-order valence-corrected chi connectivity index (χ2v) is 5.43. The summed E-state index contributed by atoms with van der Waals surface area (Å²) in [6.07, 6.45) is 3.86. The van der Waals surface area contributed by atoms with Gasteiger partial charge in [0.1, 0.15) is 0 Å². The number of hydrogen-bond acceptors (Lipinski definition) is 3. The van der Waals surface area contributed by atoms with Crippen LogP contribution in [0.15, 0.2) is 18.2 Å². The Hall–Kier alpha value is -1.88.